The second-order valence-electron chi connectivity index (χ2n) is 3.80. The van der Waals surface area contributed by atoms with E-state index < -0.39 is 0 Å². The van der Waals surface area contributed by atoms with Gasteiger partial charge < -0.3 is 5.32 Å². The molecule has 0 unspecified atom stereocenters. The summed E-state index contributed by atoms with van der Waals surface area (Å²) in [5, 5.41) is 3.45. The highest BCUT2D eigenvalue weighted by Gasteiger charge is 2.34. The van der Waals surface area contributed by atoms with E-state index in [1.165, 1.54) is 25.9 Å². The van der Waals surface area contributed by atoms with Crippen LogP contribution >= 0.6 is 0 Å². The van der Waals surface area contributed by atoms with Gasteiger partial charge >= 0.3 is 0 Å². The van der Waals surface area contributed by atoms with Gasteiger partial charge in [-0.15, -0.1) is 0 Å². The lowest BCUT2D eigenvalue weighted by Crippen LogP contribution is -2.28. The Labute approximate surface area is 64.2 Å². The molecular weight excluding hydrogens is 122 g/mol. The van der Waals surface area contributed by atoms with Crippen molar-refractivity contribution in [1.82, 2.24) is 5.32 Å². The zero-order valence-electron chi connectivity index (χ0n) is 7.41. The van der Waals surface area contributed by atoms with Gasteiger partial charge in [-0.1, -0.05) is 20.8 Å². The molecule has 0 amide bonds. The molecule has 10 heavy (non-hydrogen) atoms. The average Bonchev–Trinajstić information content (AvgIpc) is 2.35. The van der Waals surface area contributed by atoms with Crippen molar-refractivity contribution in [2.75, 3.05) is 13.1 Å². The van der Waals surface area contributed by atoms with Crippen molar-refractivity contribution in [3.8, 4) is 0 Å². The van der Waals surface area contributed by atoms with Gasteiger partial charge in [0.2, 0.25) is 0 Å². The molecule has 0 bridgehead atoms. The first-order chi connectivity index (χ1) is 4.71. The molecule has 1 rings (SSSR count). The van der Waals surface area contributed by atoms with E-state index >= 15 is 0 Å². The molecule has 1 fully saturated rings. The summed E-state index contributed by atoms with van der Waals surface area (Å²) in [6.07, 6.45) is 2.71. The predicted octanol–water partition coefficient (Wildman–Crippen LogP) is 2.03. The van der Waals surface area contributed by atoms with Gasteiger partial charge in [0.15, 0.2) is 0 Å². The Morgan fingerprint density at radius 3 is 2.40 bits per heavy atom. The van der Waals surface area contributed by atoms with Crippen LogP contribution in [0.5, 0.6) is 0 Å². The SMILES string of the molecule is CC[C@@]1(C(C)C)CCNC1. The molecule has 60 valence electrons. The highest BCUT2D eigenvalue weighted by Crippen LogP contribution is 2.36. The van der Waals surface area contributed by atoms with E-state index in [1.54, 1.807) is 0 Å². The van der Waals surface area contributed by atoms with Gasteiger partial charge in [0, 0.05) is 6.54 Å². The number of hydrogen-bond acceptors (Lipinski definition) is 1. The molecular formula is C9H19N. The second kappa shape index (κ2) is 2.91. The van der Waals surface area contributed by atoms with Crippen molar-refractivity contribution in [3.05, 3.63) is 0 Å². The van der Waals surface area contributed by atoms with Crippen LogP contribution in [0.2, 0.25) is 0 Å². The summed E-state index contributed by atoms with van der Waals surface area (Å²) in [6.45, 7) is 9.47. The van der Waals surface area contributed by atoms with Crippen LogP contribution in [0.1, 0.15) is 33.6 Å². The van der Waals surface area contributed by atoms with Crippen molar-refractivity contribution in [3.63, 3.8) is 0 Å². The van der Waals surface area contributed by atoms with Crippen molar-refractivity contribution < 1.29 is 0 Å². The first kappa shape index (κ1) is 8.06. The molecule has 0 aromatic rings. The standard InChI is InChI=1S/C9H19N/c1-4-9(8(2)3)5-6-10-7-9/h8,10H,4-7H2,1-3H3/t9-/m1/s1. The summed E-state index contributed by atoms with van der Waals surface area (Å²) in [5.41, 5.74) is 0.625. The molecule has 1 aliphatic rings. The van der Waals surface area contributed by atoms with Crippen LogP contribution in [-0.4, -0.2) is 13.1 Å². The Balaban J connectivity index is 2.58. The molecule has 0 aromatic heterocycles. The summed E-state index contributed by atoms with van der Waals surface area (Å²) in [7, 11) is 0. The van der Waals surface area contributed by atoms with Crippen LogP contribution in [0, 0.1) is 11.3 Å². The van der Waals surface area contributed by atoms with Gasteiger partial charge in [-0.3, -0.25) is 0 Å². The minimum absolute atomic E-state index is 0.625. The summed E-state index contributed by atoms with van der Waals surface area (Å²) in [4.78, 5) is 0. The normalized spacial score (nSPS) is 33.6. The van der Waals surface area contributed by atoms with E-state index in [9.17, 15) is 0 Å². The third-order valence-corrected chi connectivity index (χ3v) is 3.21. The molecule has 0 aromatic carbocycles. The second-order valence-corrected chi connectivity index (χ2v) is 3.80. The highest BCUT2D eigenvalue weighted by atomic mass is 14.9. The average molecular weight is 141 g/mol. The summed E-state index contributed by atoms with van der Waals surface area (Å²) in [6, 6.07) is 0. The molecule has 1 heterocycles. The molecule has 1 saturated heterocycles. The third-order valence-electron chi connectivity index (χ3n) is 3.21. The first-order valence-corrected chi connectivity index (χ1v) is 4.42. The predicted molar refractivity (Wildman–Crippen MR) is 45.0 cm³/mol. The number of nitrogens with one attached hydrogen (secondary N) is 1. The van der Waals surface area contributed by atoms with E-state index in [4.69, 9.17) is 0 Å². The Hall–Kier alpha value is -0.0400. The molecule has 1 N–H and O–H groups in total. The fraction of sp³-hybridized carbons (Fsp3) is 1.00. The maximum Gasteiger partial charge on any atom is 0.00106 e. The van der Waals surface area contributed by atoms with Gasteiger partial charge in [0.05, 0.1) is 0 Å². The Kier molecular flexibility index (Phi) is 2.35. The van der Waals surface area contributed by atoms with E-state index in [0.717, 1.165) is 5.92 Å². The van der Waals surface area contributed by atoms with Crippen molar-refractivity contribution in [2.45, 2.75) is 33.6 Å². The van der Waals surface area contributed by atoms with Crippen LogP contribution < -0.4 is 5.32 Å². The largest absolute Gasteiger partial charge is 0.316 e. The van der Waals surface area contributed by atoms with E-state index in [-0.39, 0.29) is 0 Å². The molecule has 1 aliphatic heterocycles. The smallest absolute Gasteiger partial charge is 0.00106 e. The van der Waals surface area contributed by atoms with Gasteiger partial charge in [-0.2, -0.15) is 0 Å². The van der Waals surface area contributed by atoms with Crippen molar-refractivity contribution in [1.29, 1.82) is 0 Å². The fourth-order valence-electron chi connectivity index (χ4n) is 1.97. The third kappa shape index (κ3) is 1.20. The van der Waals surface area contributed by atoms with Crippen LogP contribution in [0.25, 0.3) is 0 Å². The summed E-state index contributed by atoms with van der Waals surface area (Å²) < 4.78 is 0. The monoisotopic (exact) mass is 141 g/mol. The lowest BCUT2D eigenvalue weighted by Gasteiger charge is -2.31. The highest BCUT2D eigenvalue weighted by molar-refractivity contribution is 4.88. The lowest BCUT2D eigenvalue weighted by molar-refractivity contribution is 0.209. The fourth-order valence-corrected chi connectivity index (χ4v) is 1.97. The lowest BCUT2D eigenvalue weighted by atomic mass is 9.74. The molecule has 1 heteroatoms. The first-order valence-electron chi connectivity index (χ1n) is 4.42. The van der Waals surface area contributed by atoms with Crippen molar-refractivity contribution in [2.24, 2.45) is 11.3 Å². The van der Waals surface area contributed by atoms with Gasteiger partial charge in [-0.05, 0) is 30.7 Å². The zero-order chi connectivity index (χ0) is 7.61. The minimum Gasteiger partial charge on any atom is -0.316 e. The van der Waals surface area contributed by atoms with Crippen LogP contribution in [0.3, 0.4) is 0 Å². The van der Waals surface area contributed by atoms with Gasteiger partial charge in [-0.25, -0.2) is 0 Å². The van der Waals surface area contributed by atoms with Crippen LogP contribution in [0.15, 0.2) is 0 Å². The summed E-state index contributed by atoms with van der Waals surface area (Å²) >= 11 is 0. The molecule has 1 nitrogen and oxygen atoms in total. The van der Waals surface area contributed by atoms with Crippen LogP contribution in [-0.2, 0) is 0 Å². The molecule has 0 saturated carbocycles. The van der Waals surface area contributed by atoms with Crippen molar-refractivity contribution >= 4 is 0 Å². The molecule has 0 aliphatic carbocycles. The van der Waals surface area contributed by atoms with Gasteiger partial charge in [0.1, 0.15) is 0 Å². The van der Waals surface area contributed by atoms with E-state index in [2.05, 4.69) is 26.1 Å². The Morgan fingerprint density at radius 1 is 1.50 bits per heavy atom. The topological polar surface area (TPSA) is 12.0 Å². The molecule has 1 atom stereocenters. The van der Waals surface area contributed by atoms with E-state index in [1.807, 2.05) is 0 Å². The Bertz CT molecular complexity index is 101. The maximum atomic E-state index is 3.45. The van der Waals surface area contributed by atoms with E-state index in [0.29, 0.717) is 5.41 Å². The Morgan fingerprint density at radius 2 is 2.20 bits per heavy atom. The quantitative estimate of drug-likeness (QED) is 0.620. The van der Waals surface area contributed by atoms with Crippen LogP contribution in [0.4, 0.5) is 0 Å². The number of hydrogen-bond donors (Lipinski definition) is 1. The minimum atomic E-state index is 0.625. The maximum absolute atomic E-state index is 3.45. The summed E-state index contributed by atoms with van der Waals surface area (Å²) in [5.74, 6) is 0.840. The van der Waals surface area contributed by atoms with Gasteiger partial charge in [0.25, 0.3) is 0 Å². The number of rotatable bonds is 2. The molecule has 0 radical (unpaired) electrons. The molecule has 0 spiro atoms. The zero-order valence-corrected chi connectivity index (χ0v) is 7.41.